The van der Waals surface area contributed by atoms with Crippen molar-refractivity contribution in [1.82, 2.24) is 5.32 Å². The number of carbonyl (C=O) groups is 1. The number of anilines is 2. The van der Waals surface area contributed by atoms with Crippen molar-refractivity contribution in [3.05, 3.63) is 59.2 Å². The molecule has 0 saturated heterocycles. The molecule has 0 aromatic heterocycles. The van der Waals surface area contributed by atoms with Crippen LogP contribution < -0.4 is 15.4 Å². The fourth-order valence-corrected chi connectivity index (χ4v) is 4.03. The van der Waals surface area contributed by atoms with Gasteiger partial charge in [-0.25, -0.2) is 13.2 Å². The summed E-state index contributed by atoms with van der Waals surface area (Å²) in [6.07, 6.45) is 3.01. The molecule has 1 atom stereocenters. The molecule has 3 N–H and O–H groups in total. The van der Waals surface area contributed by atoms with Gasteiger partial charge in [0.1, 0.15) is 0 Å². The third kappa shape index (κ3) is 4.80. The van der Waals surface area contributed by atoms with Crippen LogP contribution in [0.2, 0.25) is 0 Å². The van der Waals surface area contributed by atoms with Crippen LogP contribution in [-0.2, 0) is 16.4 Å². The van der Waals surface area contributed by atoms with Crippen molar-refractivity contribution in [1.29, 1.82) is 0 Å². The Morgan fingerprint density at radius 2 is 1.96 bits per heavy atom. The molecule has 0 bridgehead atoms. The van der Waals surface area contributed by atoms with Gasteiger partial charge in [0, 0.05) is 5.69 Å². The second kappa shape index (κ2) is 8.00. The van der Waals surface area contributed by atoms with Gasteiger partial charge in [-0.15, -0.1) is 0 Å². The highest BCUT2D eigenvalue weighted by Gasteiger charge is 2.21. The SMILES string of the molecule is CCS(=O)(=O)Nc1ccc(NC(=O)NC2CCCc3ccccc32)cc1C. The maximum atomic E-state index is 12.4. The van der Waals surface area contributed by atoms with Crippen LogP contribution in [0.4, 0.5) is 16.2 Å². The highest BCUT2D eigenvalue weighted by Crippen LogP contribution is 2.29. The molecule has 2 aromatic rings. The summed E-state index contributed by atoms with van der Waals surface area (Å²) in [5.41, 5.74) is 4.35. The summed E-state index contributed by atoms with van der Waals surface area (Å²) in [7, 11) is -3.33. The maximum Gasteiger partial charge on any atom is 0.319 e. The Morgan fingerprint density at radius 3 is 2.70 bits per heavy atom. The minimum atomic E-state index is -3.33. The molecule has 0 saturated carbocycles. The quantitative estimate of drug-likeness (QED) is 0.726. The molecular formula is C20H25N3O3S. The van der Waals surface area contributed by atoms with Crippen molar-refractivity contribution in [2.75, 3.05) is 15.8 Å². The zero-order valence-corrected chi connectivity index (χ0v) is 16.4. The lowest BCUT2D eigenvalue weighted by Gasteiger charge is -2.26. The average molecular weight is 388 g/mol. The van der Waals surface area contributed by atoms with Crippen molar-refractivity contribution in [3.63, 3.8) is 0 Å². The van der Waals surface area contributed by atoms with E-state index < -0.39 is 10.0 Å². The second-order valence-corrected chi connectivity index (χ2v) is 8.79. The molecule has 0 aliphatic heterocycles. The number of hydrogen-bond donors (Lipinski definition) is 3. The number of nitrogens with one attached hydrogen (secondary N) is 3. The predicted octanol–water partition coefficient (Wildman–Crippen LogP) is 3.96. The second-order valence-electron chi connectivity index (χ2n) is 6.78. The van der Waals surface area contributed by atoms with Crippen molar-refractivity contribution in [3.8, 4) is 0 Å². The van der Waals surface area contributed by atoms with E-state index in [-0.39, 0.29) is 17.8 Å². The standard InChI is InChI=1S/C20H25N3O3S/c1-3-27(25,26)23-18-12-11-16(13-14(18)2)21-20(24)22-19-10-6-8-15-7-4-5-9-17(15)19/h4-5,7,9,11-13,19,23H,3,6,8,10H2,1-2H3,(H2,21,22,24). The summed E-state index contributed by atoms with van der Waals surface area (Å²) in [5, 5.41) is 5.88. The maximum absolute atomic E-state index is 12.4. The summed E-state index contributed by atoms with van der Waals surface area (Å²) in [5.74, 6) is 0.0116. The summed E-state index contributed by atoms with van der Waals surface area (Å²) in [6, 6.07) is 13.0. The minimum absolute atomic E-state index is 0.00619. The lowest BCUT2D eigenvalue weighted by molar-refractivity contribution is 0.247. The molecule has 1 aliphatic rings. The number of fused-ring (bicyclic) bond motifs is 1. The monoisotopic (exact) mass is 387 g/mol. The molecule has 1 unspecified atom stereocenters. The van der Waals surface area contributed by atoms with E-state index in [1.54, 1.807) is 32.0 Å². The van der Waals surface area contributed by atoms with Gasteiger partial charge in [-0.05, 0) is 68.0 Å². The van der Waals surface area contributed by atoms with E-state index in [2.05, 4.69) is 27.5 Å². The number of benzene rings is 2. The fraction of sp³-hybridized carbons (Fsp3) is 0.350. The van der Waals surface area contributed by atoms with Gasteiger partial charge in [-0.3, -0.25) is 4.72 Å². The molecular weight excluding hydrogens is 362 g/mol. The Balaban J connectivity index is 1.66. The van der Waals surface area contributed by atoms with Crippen LogP contribution in [0, 0.1) is 6.92 Å². The number of hydrogen-bond acceptors (Lipinski definition) is 3. The minimum Gasteiger partial charge on any atom is -0.331 e. The molecule has 0 radical (unpaired) electrons. The van der Waals surface area contributed by atoms with Gasteiger partial charge < -0.3 is 10.6 Å². The van der Waals surface area contributed by atoms with E-state index in [9.17, 15) is 13.2 Å². The first kappa shape index (κ1) is 19.2. The topological polar surface area (TPSA) is 87.3 Å². The van der Waals surface area contributed by atoms with Gasteiger partial charge in [0.2, 0.25) is 10.0 Å². The van der Waals surface area contributed by atoms with Gasteiger partial charge in [0.15, 0.2) is 0 Å². The number of rotatable bonds is 5. The molecule has 6 nitrogen and oxygen atoms in total. The summed E-state index contributed by atoms with van der Waals surface area (Å²) < 4.78 is 26.0. The largest absolute Gasteiger partial charge is 0.331 e. The number of aryl methyl sites for hydroxylation is 2. The fourth-order valence-electron chi connectivity index (χ4n) is 3.32. The van der Waals surface area contributed by atoms with Crippen molar-refractivity contribution < 1.29 is 13.2 Å². The average Bonchev–Trinajstić information content (AvgIpc) is 2.64. The Kier molecular flexibility index (Phi) is 5.70. The lowest BCUT2D eigenvalue weighted by Crippen LogP contribution is -2.34. The van der Waals surface area contributed by atoms with Crippen LogP contribution in [0.25, 0.3) is 0 Å². The highest BCUT2D eigenvalue weighted by molar-refractivity contribution is 7.92. The normalized spacial score (nSPS) is 16.3. The molecule has 0 heterocycles. The number of amides is 2. The smallest absolute Gasteiger partial charge is 0.319 e. The lowest BCUT2D eigenvalue weighted by atomic mass is 9.88. The molecule has 2 aromatic carbocycles. The van der Waals surface area contributed by atoms with Crippen LogP contribution in [0.1, 0.15) is 42.5 Å². The van der Waals surface area contributed by atoms with E-state index in [1.165, 1.54) is 11.1 Å². The number of urea groups is 1. The first-order valence-corrected chi connectivity index (χ1v) is 10.8. The van der Waals surface area contributed by atoms with Crippen molar-refractivity contribution >= 4 is 27.4 Å². The molecule has 144 valence electrons. The molecule has 7 heteroatoms. The van der Waals surface area contributed by atoms with Gasteiger partial charge in [-0.1, -0.05) is 24.3 Å². The Bertz CT molecular complexity index is 941. The van der Waals surface area contributed by atoms with Gasteiger partial charge in [-0.2, -0.15) is 0 Å². The predicted molar refractivity (Wildman–Crippen MR) is 109 cm³/mol. The van der Waals surface area contributed by atoms with Crippen LogP contribution in [0.3, 0.4) is 0 Å². The summed E-state index contributed by atoms with van der Waals surface area (Å²) >= 11 is 0. The van der Waals surface area contributed by atoms with Crippen LogP contribution in [0.15, 0.2) is 42.5 Å². The third-order valence-corrected chi connectivity index (χ3v) is 6.10. The van der Waals surface area contributed by atoms with Crippen LogP contribution in [0.5, 0.6) is 0 Å². The van der Waals surface area contributed by atoms with Gasteiger partial charge in [0.25, 0.3) is 0 Å². The first-order chi connectivity index (χ1) is 12.9. The summed E-state index contributed by atoms with van der Waals surface area (Å²) in [6.45, 7) is 3.38. The Labute approximate surface area is 160 Å². The van der Waals surface area contributed by atoms with E-state index in [4.69, 9.17) is 0 Å². The third-order valence-electron chi connectivity index (χ3n) is 4.80. The zero-order chi connectivity index (χ0) is 19.4. The molecule has 0 spiro atoms. The first-order valence-electron chi connectivity index (χ1n) is 9.14. The van der Waals surface area contributed by atoms with E-state index in [1.807, 2.05) is 12.1 Å². The zero-order valence-electron chi connectivity index (χ0n) is 15.6. The highest BCUT2D eigenvalue weighted by atomic mass is 32.2. The van der Waals surface area contributed by atoms with E-state index >= 15 is 0 Å². The van der Waals surface area contributed by atoms with E-state index in [0.717, 1.165) is 24.8 Å². The van der Waals surface area contributed by atoms with Gasteiger partial charge >= 0.3 is 6.03 Å². The molecule has 0 fully saturated rings. The van der Waals surface area contributed by atoms with Gasteiger partial charge in [0.05, 0.1) is 17.5 Å². The Morgan fingerprint density at radius 1 is 1.19 bits per heavy atom. The number of carbonyl (C=O) groups excluding carboxylic acids is 1. The number of sulfonamides is 1. The molecule has 27 heavy (non-hydrogen) atoms. The molecule has 2 amide bonds. The summed E-state index contributed by atoms with van der Waals surface area (Å²) in [4.78, 5) is 12.4. The Hall–Kier alpha value is -2.54. The van der Waals surface area contributed by atoms with Crippen LogP contribution >= 0.6 is 0 Å². The molecule has 3 rings (SSSR count). The van der Waals surface area contributed by atoms with Crippen molar-refractivity contribution in [2.45, 2.75) is 39.2 Å². The molecule has 1 aliphatic carbocycles. The van der Waals surface area contributed by atoms with Crippen LogP contribution in [-0.4, -0.2) is 20.2 Å². The van der Waals surface area contributed by atoms with Crippen molar-refractivity contribution in [2.24, 2.45) is 0 Å². The van der Waals surface area contributed by atoms with E-state index in [0.29, 0.717) is 11.4 Å².